The first kappa shape index (κ1) is 22.3. The van der Waals surface area contributed by atoms with Crippen molar-refractivity contribution in [3.8, 4) is 5.75 Å². The van der Waals surface area contributed by atoms with Crippen LogP contribution in [0.1, 0.15) is 51.3 Å². The summed E-state index contributed by atoms with van der Waals surface area (Å²) in [5, 5.41) is 6.38. The van der Waals surface area contributed by atoms with E-state index in [1.165, 1.54) is 5.56 Å². The van der Waals surface area contributed by atoms with E-state index in [0.29, 0.717) is 16.8 Å². The Bertz CT molecular complexity index is 1240. The monoisotopic (exact) mass is 440 g/mol. The molecule has 2 N–H and O–H groups in total. The van der Waals surface area contributed by atoms with Crippen LogP contribution in [0.3, 0.4) is 0 Å². The average molecular weight is 441 g/mol. The van der Waals surface area contributed by atoms with Crippen LogP contribution in [-0.2, 0) is 6.42 Å². The maximum absolute atomic E-state index is 13.1. The Morgan fingerprint density at radius 3 is 2.45 bits per heavy atom. The van der Waals surface area contributed by atoms with Crippen molar-refractivity contribution in [2.45, 2.75) is 32.7 Å². The summed E-state index contributed by atoms with van der Waals surface area (Å²) in [7, 11) is 1.63. The van der Waals surface area contributed by atoms with Gasteiger partial charge in [-0.15, -0.1) is 0 Å². The molecule has 1 amide bonds. The fraction of sp³-hybridized carbons (Fsp3) is 0.214. The Hall–Kier alpha value is -3.86. The lowest BCUT2D eigenvalue weighted by molar-refractivity contribution is 0.102. The Balaban J connectivity index is 1.55. The van der Waals surface area contributed by atoms with Crippen LogP contribution in [0.25, 0.3) is 5.70 Å². The highest BCUT2D eigenvalue weighted by atomic mass is 16.5. The first-order valence-corrected chi connectivity index (χ1v) is 10.9. The second kappa shape index (κ2) is 8.94. The quantitative estimate of drug-likeness (QED) is 0.412. The molecule has 0 saturated heterocycles. The molecule has 168 valence electrons. The Morgan fingerprint density at radius 2 is 1.76 bits per heavy atom. The third kappa shape index (κ3) is 4.98. The minimum Gasteiger partial charge on any atom is -0.497 e. The molecule has 0 spiro atoms. The van der Waals surface area contributed by atoms with E-state index in [-0.39, 0.29) is 17.2 Å². The average Bonchev–Trinajstić information content (AvgIpc) is 2.79. The van der Waals surface area contributed by atoms with Crippen LogP contribution in [0, 0.1) is 6.92 Å². The highest BCUT2D eigenvalue weighted by molar-refractivity contribution is 6.09. The molecule has 0 saturated carbocycles. The zero-order valence-electron chi connectivity index (χ0n) is 19.4. The van der Waals surface area contributed by atoms with Crippen molar-refractivity contribution in [3.05, 3.63) is 101 Å². The summed E-state index contributed by atoms with van der Waals surface area (Å²) in [6, 6.07) is 20.3. The van der Waals surface area contributed by atoms with Gasteiger partial charge in [-0.05, 0) is 80.8 Å². The maximum Gasteiger partial charge on any atom is 0.255 e. The molecule has 0 atom stereocenters. The number of ether oxygens (including phenoxy) is 1. The molecule has 4 rings (SSSR count). The van der Waals surface area contributed by atoms with Crippen LogP contribution < -0.4 is 15.4 Å². The van der Waals surface area contributed by atoms with Crippen molar-refractivity contribution in [1.82, 2.24) is 5.32 Å². The first-order valence-electron chi connectivity index (χ1n) is 10.9. The third-order valence-electron chi connectivity index (χ3n) is 5.81. The lowest BCUT2D eigenvalue weighted by Gasteiger charge is -2.35. The third-order valence-corrected chi connectivity index (χ3v) is 5.81. The summed E-state index contributed by atoms with van der Waals surface area (Å²) >= 11 is 0. The molecule has 1 aliphatic heterocycles. The van der Waals surface area contributed by atoms with E-state index in [9.17, 15) is 9.59 Å². The van der Waals surface area contributed by atoms with Crippen LogP contribution in [0.15, 0.2) is 72.8 Å². The molecule has 1 aliphatic rings. The summed E-state index contributed by atoms with van der Waals surface area (Å²) in [6.45, 7) is 6.13. The zero-order chi connectivity index (χ0) is 23.6. The SMILES string of the molecule is COc1ccc2c(c1)/C(=C/C(=O)c1ccc(NC(=O)c3ccccc3C)cc1)NC(C)(C)C2. The smallest absolute Gasteiger partial charge is 0.255 e. The van der Waals surface area contributed by atoms with Crippen LogP contribution >= 0.6 is 0 Å². The van der Waals surface area contributed by atoms with Gasteiger partial charge in [-0.1, -0.05) is 24.3 Å². The normalized spacial score (nSPS) is 15.3. The molecule has 5 heteroatoms. The van der Waals surface area contributed by atoms with E-state index in [2.05, 4.69) is 30.5 Å². The number of fused-ring (bicyclic) bond motifs is 1. The van der Waals surface area contributed by atoms with E-state index in [1.807, 2.05) is 37.3 Å². The van der Waals surface area contributed by atoms with Gasteiger partial charge in [0, 0.05) is 39.7 Å². The van der Waals surface area contributed by atoms with E-state index in [1.54, 1.807) is 43.5 Å². The summed E-state index contributed by atoms with van der Waals surface area (Å²) in [4.78, 5) is 25.6. The summed E-state index contributed by atoms with van der Waals surface area (Å²) in [6.07, 6.45) is 2.49. The highest BCUT2D eigenvalue weighted by Crippen LogP contribution is 2.32. The molecule has 3 aromatic rings. The number of nitrogens with one attached hydrogen (secondary N) is 2. The van der Waals surface area contributed by atoms with Crippen molar-refractivity contribution in [2.75, 3.05) is 12.4 Å². The van der Waals surface area contributed by atoms with Gasteiger partial charge in [0.05, 0.1) is 7.11 Å². The second-order valence-electron chi connectivity index (χ2n) is 8.98. The molecular weight excluding hydrogens is 412 g/mol. The highest BCUT2D eigenvalue weighted by Gasteiger charge is 2.28. The van der Waals surface area contributed by atoms with E-state index in [4.69, 9.17) is 4.74 Å². The lowest BCUT2D eigenvalue weighted by atomic mass is 9.85. The fourth-order valence-corrected chi connectivity index (χ4v) is 4.11. The summed E-state index contributed by atoms with van der Waals surface area (Å²) < 4.78 is 5.38. The van der Waals surface area contributed by atoms with Gasteiger partial charge in [0.15, 0.2) is 5.78 Å². The number of methoxy groups -OCH3 is 1. The number of allylic oxidation sites excluding steroid dienone is 1. The number of hydrogen-bond acceptors (Lipinski definition) is 4. The van der Waals surface area contributed by atoms with Crippen molar-refractivity contribution in [3.63, 3.8) is 0 Å². The van der Waals surface area contributed by atoms with E-state index < -0.39 is 0 Å². The molecule has 0 bridgehead atoms. The zero-order valence-corrected chi connectivity index (χ0v) is 19.4. The van der Waals surface area contributed by atoms with Gasteiger partial charge in [0.2, 0.25) is 0 Å². The number of benzene rings is 3. The van der Waals surface area contributed by atoms with Gasteiger partial charge in [0.25, 0.3) is 5.91 Å². The van der Waals surface area contributed by atoms with Gasteiger partial charge < -0.3 is 15.4 Å². The molecule has 0 radical (unpaired) electrons. The first-order chi connectivity index (χ1) is 15.8. The number of rotatable bonds is 5. The number of carbonyl (C=O) groups excluding carboxylic acids is 2. The Labute approximate surface area is 194 Å². The maximum atomic E-state index is 13.1. The lowest BCUT2D eigenvalue weighted by Crippen LogP contribution is -2.43. The predicted molar refractivity (Wildman–Crippen MR) is 132 cm³/mol. The Morgan fingerprint density at radius 1 is 1.03 bits per heavy atom. The molecule has 33 heavy (non-hydrogen) atoms. The number of amides is 1. The number of carbonyl (C=O) groups is 2. The van der Waals surface area contributed by atoms with Crippen molar-refractivity contribution >= 4 is 23.1 Å². The van der Waals surface area contributed by atoms with E-state index >= 15 is 0 Å². The summed E-state index contributed by atoms with van der Waals surface area (Å²) in [5.41, 5.74) is 5.48. The van der Waals surface area contributed by atoms with E-state index in [0.717, 1.165) is 29.0 Å². The molecular formula is C28H28N2O3. The second-order valence-corrected chi connectivity index (χ2v) is 8.98. The molecule has 0 aliphatic carbocycles. The number of anilines is 1. The van der Waals surface area contributed by atoms with Crippen LogP contribution in [0.4, 0.5) is 5.69 Å². The van der Waals surface area contributed by atoms with Gasteiger partial charge in [-0.25, -0.2) is 0 Å². The standard InChI is InChI=1S/C28H28N2O3/c1-18-7-5-6-8-23(18)27(32)29-21-12-9-19(10-13-21)26(31)16-25-24-15-22(33-4)14-11-20(24)17-28(2,3)30-25/h5-16,30H,17H2,1-4H3,(H,29,32)/b25-16-. The molecule has 5 nitrogen and oxygen atoms in total. The summed E-state index contributed by atoms with van der Waals surface area (Å²) in [5.74, 6) is 0.469. The van der Waals surface area contributed by atoms with Crippen molar-refractivity contribution in [2.24, 2.45) is 0 Å². The van der Waals surface area contributed by atoms with Crippen LogP contribution in [-0.4, -0.2) is 24.3 Å². The Kier molecular flexibility index (Phi) is 6.05. The molecule has 0 aromatic heterocycles. The molecule has 0 fully saturated rings. The molecule has 1 heterocycles. The van der Waals surface area contributed by atoms with Gasteiger partial charge >= 0.3 is 0 Å². The van der Waals surface area contributed by atoms with Crippen molar-refractivity contribution in [1.29, 1.82) is 0 Å². The molecule has 0 unspecified atom stereocenters. The largest absolute Gasteiger partial charge is 0.497 e. The van der Waals surface area contributed by atoms with Gasteiger partial charge in [0.1, 0.15) is 5.75 Å². The van der Waals surface area contributed by atoms with Crippen LogP contribution in [0.2, 0.25) is 0 Å². The topological polar surface area (TPSA) is 67.4 Å². The fourth-order valence-electron chi connectivity index (χ4n) is 4.11. The minimum absolute atomic E-state index is 0.110. The predicted octanol–water partition coefficient (Wildman–Crippen LogP) is 5.40. The van der Waals surface area contributed by atoms with Gasteiger partial charge in [-0.3, -0.25) is 9.59 Å². The van der Waals surface area contributed by atoms with Gasteiger partial charge in [-0.2, -0.15) is 0 Å². The minimum atomic E-state index is -0.173. The van der Waals surface area contributed by atoms with Crippen LogP contribution in [0.5, 0.6) is 5.75 Å². The van der Waals surface area contributed by atoms with Crippen molar-refractivity contribution < 1.29 is 14.3 Å². The number of ketones is 1. The molecule has 3 aromatic carbocycles. The number of hydrogen-bond donors (Lipinski definition) is 2. The number of aryl methyl sites for hydroxylation is 1.